The second kappa shape index (κ2) is 8.00. The number of hydrogen-bond donors (Lipinski definition) is 0. The summed E-state index contributed by atoms with van der Waals surface area (Å²) in [7, 11) is -1.85. The van der Waals surface area contributed by atoms with Gasteiger partial charge < -0.3 is 4.43 Å². The topological polar surface area (TPSA) is 39.9 Å². The van der Waals surface area contributed by atoms with Crippen LogP contribution >= 0.6 is 23.2 Å². The van der Waals surface area contributed by atoms with Crippen LogP contribution in [0.4, 0.5) is 0 Å². The van der Waals surface area contributed by atoms with Crippen LogP contribution in [-0.2, 0) is 16.6 Å². The van der Waals surface area contributed by atoms with Gasteiger partial charge in [0.1, 0.15) is 18.3 Å². The number of halogens is 2. The number of hydrogen-bond acceptors (Lipinski definition) is 3. The second-order valence-electron chi connectivity index (χ2n) is 7.03. The van der Waals surface area contributed by atoms with Crippen molar-refractivity contribution in [3.8, 4) is 0 Å². The van der Waals surface area contributed by atoms with Crippen LogP contribution in [0.2, 0.25) is 29.7 Å². The Labute approximate surface area is 155 Å². The van der Waals surface area contributed by atoms with Crippen LogP contribution in [0.5, 0.6) is 0 Å². The zero-order valence-corrected chi connectivity index (χ0v) is 17.2. The number of benzene rings is 1. The van der Waals surface area contributed by atoms with E-state index in [-0.39, 0.29) is 0 Å². The van der Waals surface area contributed by atoms with Crippen molar-refractivity contribution < 1.29 is 4.43 Å². The molecule has 0 aliphatic carbocycles. The SMILES string of the molecule is CCCCC(Cn1cncn1)(O[Si](C)(C)C)c1ccc(Cl)cc1Cl. The lowest BCUT2D eigenvalue weighted by molar-refractivity contribution is 0.0237. The maximum Gasteiger partial charge on any atom is 0.185 e. The number of unbranched alkanes of at least 4 members (excludes halogenated alkanes) is 1. The molecular formula is C17H25Cl2N3OSi. The van der Waals surface area contributed by atoms with Crippen molar-refractivity contribution in [1.82, 2.24) is 14.8 Å². The van der Waals surface area contributed by atoms with Crippen LogP contribution in [0.3, 0.4) is 0 Å². The Kier molecular flexibility index (Phi) is 6.48. The average molecular weight is 386 g/mol. The van der Waals surface area contributed by atoms with E-state index in [2.05, 4.69) is 36.6 Å². The van der Waals surface area contributed by atoms with Crippen molar-refractivity contribution in [3.05, 3.63) is 46.5 Å². The van der Waals surface area contributed by atoms with E-state index in [9.17, 15) is 0 Å². The molecule has 0 spiro atoms. The zero-order chi connectivity index (χ0) is 17.8. The van der Waals surface area contributed by atoms with Crippen molar-refractivity contribution in [2.75, 3.05) is 0 Å². The quantitative estimate of drug-likeness (QED) is 0.561. The van der Waals surface area contributed by atoms with E-state index in [0.717, 1.165) is 24.8 Å². The molecule has 1 aromatic heterocycles. The molecule has 1 aromatic carbocycles. The van der Waals surface area contributed by atoms with Crippen molar-refractivity contribution in [3.63, 3.8) is 0 Å². The highest BCUT2D eigenvalue weighted by atomic mass is 35.5. The van der Waals surface area contributed by atoms with Gasteiger partial charge in [-0.1, -0.05) is 49.0 Å². The molecule has 0 fully saturated rings. The Morgan fingerprint density at radius 1 is 1.25 bits per heavy atom. The highest BCUT2D eigenvalue weighted by molar-refractivity contribution is 6.69. The fourth-order valence-corrected chi connectivity index (χ4v) is 4.95. The molecule has 0 aliphatic heterocycles. The van der Waals surface area contributed by atoms with Gasteiger partial charge in [-0.15, -0.1) is 0 Å². The summed E-state index contributed by atoms with van der Waals surface area (Å²) in [5.41, 5.74) is 0.440. The summed E-state index contributed by atoms with van der Waals surface area (Å²) in [6.45, 7) is 9.34. The van der Waals surface area contributed by atoms with E-state index >= 15 is 0 Å². The van der Waals surface area contributed by atoms with Crippen LogP contribution in [0.25, 0.3) is 0 Å². The molecule has 0 amide bonds. The molecule has 24 heavy (non-hydrogen) atoms. The maximum absolute atomic E-state index is 6.73. The molecule has 132 valence electrons. The van der Waals surface area contributed by atoms with Crippen molar-refractivity contribution in [1.29, 1.82) is 0 Å². The van der Waals surface area contributed by atoms with Gasteiger partial charge in [-0.3, -0.25) is 0 Å². The van der Waals surface area contributed by atoms with Crippen molar-refractivity contribution >= 4 is 31.5 Å². The highest BCUT2D eigenvalue weighted by Gasteiger charge is 2.39. The summed E-state index contributed by atoms with van der Waals surface area (Å²) >= 11 is 12.7. The van der Waals surface area contributed by atoms with Gasteiger partial charge in [0.15, 0.2) is 8.32 Å². The lowest BCUT2D eigenvalue weighted by atomic mass is 9.88. The predicted molar refractivity (Wildman–Crippen MR) is 102 cm³/mol. The highest BCUT2D eigenvalue weighted by Crippen LogP contribution is 2.40. The molecule has 2 aromatic rings. The summed E-state index contributed by atoms with van der Waals surface area (Å²) in [6.07, 6.45) is 6.26. The largest absolute Gasteiger partial charge is 0.406 e. The standard InChI is InChI=1S/C17H25Cl2N3OSi/c1-5-6-9-17(23-24(2,3)4,11-22-13-20-12-21-22)15-8-7-14(18)10-16(15)19/h7-8,10,12-13H,5-6,9,11H2,1-4H3. The maximum atomic E-state index is 6.73. The Bertz CT molecular complexity index is 658. The lowest BCUT2D eigenvalue weighted by Crippen LogP contribution is -2.44. The summed E-state index contributed by atoms with van der Waals surface area (Å²) in [5.74, 6) is 0. The van der Waals surface area contributed by atoms with Crippen molar-refractivity contribution in [2.45, 2.75) is 58.0 Å². The first kappa shape index (κ1) is 19.4. The number of aromatic nitrogens is 3. The molecule has 0 saturated carbocycles. The molecule has 1 unspecified atom stereocenters. The third-order valence-corrected chi connectivity index (χ3v) is 5.29. The summed E-state index contributed by atoms with van der Waals surface area (Å²) < 4.78 is 8.55. The molecule has 4 nitrogen and oxygen atoms in total. The summed E-state index contributed by atoms with van der Waals surface area (Å²) in [4.78, 5) is 4.07. The van der Waals surface area contributed by atoms with Gasteiger partial charge in [-0.05, 0) is 38.2 Å². The molecule has 0 saturated heterocycles. The first-order valence-corrected chi connectivity index (χ1v) is 12.4. The molecule has 2 rings (SSSR count). The third-order valence-electron chi connectivity index (χ3n) is 3.74. The fourth-order valence-electron chi connectivity index (χ4n) is 2.92. The minimum absolute atomic E-state index is 0.532. The van der Waals surface area contributed by atoms with Gasteiger partial charge in [-0.25, -0.2) is 9.67 Å². The Morgan fingerprint density at radius 3 is 2.54 bits per heavy atom. The Balaban J connectivity index is 2.53. The molecule has 1 atom stereocenters. The van der Waals surface area contributed by atoms with Crippen LogP contribution in [0.15, 0.2) is 30.9 Å². The van der Waals surface area contributed by atoms with Crippen LogP contribution < -0.4 is 0 Å². The Hall–Kier alpha value is -0.883. The molecule has 1 heterocycles. The molecule has 0 aliphatic rings. The Morgan fingerprint density at radius 2 is 2.00 bits per heavy atom. The number of rotatable bonds is 8. The molecular weight excluding hydrogens is 361 g/mol. The van der Waals surface area contributed by atoms with Crippen molar-refractivity contribution in [2.24, 2.45) is 0 Å². The minimum atomic E-state index is -1.85. The van der Waals surface area contributed by atoms with E-state index in [4.69, 9.17) is 27.6 Å². The number of nitrogens with zero attached hydrogens (tertiary/aromatic N) is 3. The molecule has 0 radical (unpaired) electrons. The van der Waals surface area contributed by atoms with Crippen LogP contribution in [-0.4, -0.2) is 23.1 Å². The molecule has 0 bridgehead atoms. The van der Waals surface area contributed by atoms with E-state index < -0.39 is 13.9 Å². The van der Waals surface area contributed by atoms with E-state index in [1.165, 1.54) is 0 Å². The van der Waals surface area contributed by atoms with Crippen LogP contribution in [0.1, 0.15) is 31.7 Å². The summed E-state index contributed by atoms with van der Waals surface area (Å²) in [5, 5.41) is 5.55. The first-order valence-electron chi connectivity index (χ1n) is 8.24. The smallest absolute Gasteiger partial charge is 0.185 e. The third kappa shape index (κ3) is 5.05. The van der Waals surface area contributed by atoms with E-state index in [1.54, 1.807) is 18.7 Å². The first-order chi connectivity index (χ1) is 11.3. The molecule has 7 heteroatoms. The van der Waals surface area contributed by atoms with Gasteiger partial charge in [0.25, 0.3) is 0 Å². The normalized spacial score (nSPS) is 14.6. The van der Waals surface area contributed by atoms with E-state index in [1.807, 2.05) is 16.8 Å². The molecule has 0 N–H and O–H groups in total. The van der Waals surface area contributed by atoms with Crippen LogP contribution in [0, 0.1) is 0 Å². The lowest BCUT2D eigenvalue weighted by Gasteiger charge is -2.40. The fraction of sp³-hybridized carbons (Fsp3) is 0.529. The average Bonchev–Trinajstić information content (AvgIpc) is 2.95. The second-order valence-corrected chi connectivity index (χ2v) is 12.3. The van der Waals surface area contributed by atoms with Gasteiger partial charge in [0.2, 0.25) is 0 Å². The minimum Gasteiger partial charge on any atom is -0.406 e. The predicted octanol–water partition coefficient (Wildman–Crippen LogP) is 5.52. The van der Waals surface area contributed by atoms with Gasteiger partial charge in [0.05, 0.1) is 6.54 Å². The summed E-state index contributed by atoms with van der Waals surface area (Å²) in [6, 6.07) is 5.64. The monoisotopic (exact) mass is 385 g/mol. The van der Waals surface area contributed by atoms with E-state index in [0.29, 0.717) is 16.6 Å². The van der Waals surface area contributed by atoms with Gasteiger partial charge >= 0.3 is 0 Å². The zero-order valence-electron chi connectivity index (χ0n) is 14.7. The van der Waals surface area contributed by atoms with Gasteiger partial charge in [0, 0.05) is 15.6 Å². The van der Waals surface area contributed by atoms with Gasteiger partial charge in [-0.2, -0.15) is 5.10 Å².